The maximum Gasteiger partial charge on any atom is 0.339 e. The van der Waals surface area contributed by atoms with Crippen molar-refractivity contribution in [3.63, 3.8) is 0 Å². The number of nitrogens with zero attached hydrogens (tertiary/aromatic N) is 4. The zero-order chi connectivity index (χ0) is 30.5. The first-order valence-corrected chi connectivity index (χ1v) is 16.7. The second kappa shape index (κ2) is 11.4. The molecule has 2 aromatic heterocycles. The molecule has 3 fully saturated rings. The van der Waals surface area contributed by atoms with Crippen molar-refractivity contribution < 1.29 is 14.3 Å². The van der Waals surface area contributed by atoms with E-state index in [-0.39, 0.29) is 11.9 Å². The van der Waals surface area contributed by atoms with Crippen LogP contribution in [-0.2, 0) is 4.74 Å². The number of anilines is 3. The summed E-state index contributed by atoms with van der Waals surface area (Å²) in [6, 6.07) is 22.8. The van der Waals surface area contributed by atoms with Gasteiger partial charge in [-0.2, -0.15) is 4.98 Å². The minimum Gasteiger partial charge on any atom is -0.476 e. The van der Waals surface area contributed by atoms with Crippen LogP contribution in [0.25, 0.3) is 11.0 Å². The Hall–Kier alpha value is -4.04. The van der Waals surface area contributed by atoms with Gasteiger partial charge in [0.2, 0.25) is 5.88 Å². The molecule has 1 spiro atoms. The summed E-state index contributed by atoms with van der Waals surface area (Å²) in [5, 5.41) is 1.01. The van der Waals surface area contributed by atoms with E-state index in [1.807, 2.05) is 18.3 Å². The molecule has 2 atom stereocenters. The van der Waals surface area contributed by atoms with E-state index in [0.29, 0.717) is 42.1 Å². The second-order valence-electron chi connectivity index (χ2n) is 13.8. The predicted octanol–water partition coefficient (Wildman–Crippen LogP) is 7.10. The highest BCUT2D eigenvalue weighted by atomic mass is 16.5. The lowest BCUT2D eigenvalue weighted by Gasteiger charge is -2.56. The van der Waals surface area contributed by atoms with E-state index in [1.165, 1.54) is 57.7 Å². The summed E-state index contributed by atoms with van der Waals surface area (Å²) < 4.78 is 11.4. The van der Waals surface area contributed by atoms with E-state index in [9.17, 15) is 4.79 Å². The van der Waals surface area contributed by atoms with Crippen LogP contribution in [0.3, 0.4) is 0 Å². The molecule has 2 saturated heterocycles. The van der Waals surface area contributed by atoms with Gasteiger partial charge in [-0.25, -0.2) is 4.79 Å². The number of hydrogen-bond donors (Lipinski definition) is 1. The number of benzene rings is 2. The monoisotopic (exact) mass is 605 g/mol. The standard InChI is InChI=1S/C37H43N5O3/c1-25-23-42(33-19-27-12-15-38-34(27)39-35(33)45-24-25)32-20-28(10-11-30(32)36(43)44-2)40-17-13-37(14-18-40)21-29(22-37)41-16-6-9-31(41)26-7-4-3-5-8-26/h3-5,7-8,10-12,15,19-20,25,29,31H,6,9,13-14,16-18,21-24H2,1-2H3,(H,38,39). The molecule has 4 aliphatic rings. The Morgan fingerprint density at radius 1 is 1.02 bits per heavy atom. The fraction of sp³-hybridized carbons (Fsp3) is 0.459. The predicted molar refractivity (Wildman–Crippen MR) is 178 cm³/mol. The van der Waals surface area contributed by atoms with Crippen LogP contribution in [0.15, 0.2) is 66.9 Å². The number of pyridine rings is 1. The lowest BCUT2D eigenvalue weighted by Crippen LogP contribution is -2.54. The van der Waals surface area contributed by atoms with Crippen LogP contribution in [0.2, 0.25) is 0 Å². The number of aromatic amines is 1. The minimum atomic E-state index is -0.333. The Morgan fingerprint density at radius 3 is 2.64 bits per heavy atom. The lowest BCUT2D eigenvalue weighted by molar-refractivity contribution is -0.0226. The van der Waals surface area contributed by atoms with Crippen LogP contribution in [0.5, 0.6) is 5.88 Å². The third-order valence-electron chi connectivity index (χ3n) is 10.9. The van der Waals surface area contributed by atoms with Crippen LogP contribution >= 0.6 is 0 Å². The fourth-order valence-corrected chi connectivity index (χ4v) is 8.47. The van der Waals surface area contributed by atoms with Gasteiger partial charge in [0, 0.05) is 54.9 Å². The van der Waals surface area contributed by atoms with E-state index >= 15 is 0 Å². The molecule has 2 unspecified atom stereocenters. The molecular weight excluding hydrogens is 562 g/mol. The number of rotatable bonds is 5. The lowest BCUT2D eigenvalue weighted by atomic mass is 9.60. The Kier molecular flexibility index (Phi) is 7.20. The molecule has 4 aromatic rings. The highest BCUT2D eigenvalue weighted by Crippen LogP contribution is 2.54. The van der Waals surface area contributed by atoms with Crippen molar-refractivity contribution in [2.24, 2.45) is 11.3 Å². The van der Waals surface area contributed by atoms with Gasteiger partial charge in [0.15, 0.2) is 0 Å². The van der Waals surface area contributed by atoms with Gasteiger partial charge in [-0.05, 0) is 86.4 Å². The van der Waals surface area contributed by atoms with Gasteiger partial charge in [0.25, 0.3) is 0 Å². The first-order chi connectivity index (χ1) is 22.0. The molecule has 0 amide bonds. The summed E-state index contributed by atoms with van der Waals surface area (Å²) in [6.45, 7) is 6.75. The number of methoxy groups -OCH3 is 1. The molecule has 1 saturated carbocycles. The number of likely N-dealkylation sites (tertiary alicyclic amines) is 1. The van der Waals surface area contributed by atoms with Gasteiger partial charge >= 0.3 is 5.97 Å². The Balaban J connectivity index is 1.02. The molecule has 1 aliphatic carbocycles. The molecule has 8 nitrogen and oxygen atoms in total. The summed E-state index contributed by atoms with van der Waals surface area (Å²) >= 11 is 0. The van der Waals surface area contributed by atoms with Gasteiger partial charge in [0.05, 0.1) is 25.0 Å². The summed E-state index contributed by atoms with van der Waals surface area (Å²) in [5.41, 5.74) is 6.18. The number of hydrogen-bond acceptors (Lipinski definition) is 7. The topological polar surface area (TPSA) is 73.9 Å². The largest absolute Gasteiger partial charge is 0.476 e. The smallest absolute Gasteiger partial charge is 0.339 e. The van der Waals surface area contributed by atoms with Gasteiger partial charge in [-0.3, -0.25) is 4.90 Å². The van der Waals surface area contributed by atoms with Gasteiger partial charge in [0.1, 0.15) is 11.3 Å². The Labute approximate surface area is 265 Å². The van der Waals surface area contributed by atoms with Crippen LogP contribution in [-0.4, -0.2) is 66.8 Å². The van der Waals surface area contributed by atoms with Gasteiger partial charge in [-0.15, -0.1) is 0 Å². The van der Waals surface area contributed by atoms with E-state index in [4.69, 9.17) is 14.5 Å². The summed E-state index contributed by atoms with van der Waals surface area (Å²) in [4.78, 5) is 28.6. The molecule has 8 rings (SSSR count). The number of esters is 1. The molecule has 0 bridgehead atoms. The van der Waals surface area contributed by atoms with Crippen molar-refractivity contribution >= 4 is 34.1 Å². The molecule has 5 heterocycles. The van der Waals surface area contributed by atoms with E-state index in [1.54, 1.807) is 0 Å². The second-order valence-corrected chi connectivity index (χ2v) is 13.8. The first kappa shape index (κ1) is 28.4. The molecule has 1 N–H and O–H groups in total. The summed E-state index contributed by atoms with van der Waals surface area (Å²) in [7, 11) is 1.45. The van der Waals surface area contributed by atoms with Crippen molar-refractivity contribution in [2.75, 3.05) is 49.7 Å². The SMILES string of the molecule is COC(=O)c1ccc(N2CCC3(CC2)CC(N2CCCC2c2ccccc2)C3)cc1N1CC(C)COc2nc3[nH]ccc3cc21. The van der Waals surface area contributed by atoms with Crippen molar-refractivity contribution in [1.29, 1.82) is 0 Å². The quantitative estimate of drug-likeness (QED) is 0.243. The average molecular weight is 606 g/mol. The number of aromatic nitrogens is 2. The van der Waals surface area contributed by atoms with Crippen molar-refractivity contribution in [1.82, 2.24) is 14.9 Å². The number of carbonyl (C=O) groups is 1. The number of ether oxygens (including phenoxy) is 2. The fourth-order valence-electron chi connectivity index (χ4n) is 8.47. The number of fused-ring (bicyclic) bond motifs is 2. The number of nitrogens with one attached hydrogen (secondary N) is 1. The number of carbonyl (C=O) groups excluding carboxylic acids is 1. The molecular formula is C37H43N5O3. The third-order valence-corrected chi connectivity index (χ3v) is 10.9. The van der Waals surface area contributed by atoms with Crippen LogP contribution in [0, 0.1) is 11.3 Å². The minimum absolute atomic E-state index is 0.241. The number of piperidine rings is 1. The van der Waals surface area contributed by atoms with Crippen molar-refractivity contribution in [2.45, 2.75) is 57.5 Å². The molecule has 2 aromatic carbocycles. The maximum atomic E-state index is 13.1. The number of H-pyrrole nitrogens is 1. The van der Waals surface area contributed by atoms with Crippen molar-refractivity contribution in [3.05, 3.63) is 78.0 Å². The average Bonchev–Trinajstić information content (AvgIpc) is 3.71. The maximum absolute atomic E-state index is 13.1. The van der Waals surface area contributed by atoms with E-state index < -0.39 is 0 Å². The molecule has 0 radical (unpaired) electrons. The summed E-state index contributed by atoms with van der Waals surface area (Å²) in [5.74, 6) is 0.494. The van der Waals surface area contributed by atoms with Gasteiger partial charge in [-0.1, -0.05) is 37.3 Å². The molecule has 3 aliphatic heterocycles. The molecule has 45 heavy (non-hydrogen) atoms. The zero-order valence-electron chi connectivity index (χ0n) is 26.4. The van der Waals surface area contributed by atoms with E-state index in [2.05, 4.69) is 75.1 Å². The highest BCUT2D eigenvalue weighted by molar-refractivity contribution is 5.98. The Morgan fingerprint density at radius 2 is 1.84 bits per heavy atom. The molecule has 8 heteroatoms. The Bertz CT molecular complexity index is 1690. The van der Waals surface area contributed by atoms with Crippen LogP contribution < -0.4 is 14.5 Å². The van der Waals surface area contributed by atoms with Crippen LogP contribution in [0.4, 0.5) is 17.1 Å². The summed E-state index contributed by atoms with van der Waals surface area (Å²) in [6.07, 6.45) is 9.55. The van der Waals surface area contributed by atoms with E-state index in [0.717, 1.165) is 41.2 Å². The first-order valence-electron chi connectivity index (χ1n) is 16.7. The highest BCUT2D eigenvalue weighted by Gasteiger charge is 2.49. The zero-order valence-corrected chi connectivity index (χ0v) is 26.4. The van der Waals surface area contributed by atoms with Gasteiger partial charge < -0.3 is 24.3 Å². The van der Waals surface area contributed by atoms with Crippen LogP contribution in [0.1, 0.15) is 67.4 Å². The van der Waals surface area contributed by atoms with Crippen molar-refractivity contribution in [3.8, 4) is 5.88 Å². The third kappa shape index (κ3) is 5.13. The normalized spacial score (nSPS) is 23.4. The molecule has 234 valence electrons.